The first kappa shape index (κ1) is 22.5. The minimum absolute atomic E-state index is 0.0638. The molecule has 0 heterocycles. The molecule has 7 nitrogen and oxygen atoms in total. The number of amides is 3. The highest BCUT2D eigenvalue weighted by Crippen LogP contribution is 2.19. The number of rotatable bonds is 10. The minimum Gasteiger partial charge on any atom is -0.450 e. The first-order valence-electron chi connectivity index (χ1n) is 10.2. The Morgan fingerprint density at radius 1 is 1.17 bits per heavy atom. The highest BCUT2D eigenvalue weighted by atomic mass is 16.5. The second-order valence-electron chi connectivity index (χ2n) is 7.64. The van der Waals surface area contributed by atoms with Crippen molar-refractivity contribution in [1.82, 2.24) is 16.0 Å². The average Bonchev–Trinajstić information content (AvgIpc) is 3.48. The van der Waals surface area contributed by atoms with E-state index in [0.29, 0.717) is 30.7 Å². The van der Waals surface area contributed by atoms with E-state index in [9.17, 15) is 14.4 Å². The fourth-order valence-corrected chi connectivity index (χ4v) is 2.80. The Morgan fingerprint density at radius 3 is 2.45 bits per heavy atom. The van der Waals surface area contributed by atoms with Gasteiger partial charge in [0, 0.05) is 30.3 Å². The molecule has 1 unspecified atom stereocenters. The number of ether oxygens (including phenoxy) is 1. The van der Waals surface area contributed by atoms with Gasteiger partial charge in [-0.3, -0.25) is 9.59 Å². The number of carbonyl (C=O) groups is 3. The second kappa shape index (κ2) is 11.2. The summed E-state index contributed by atoms with van der Waals surface area (Å²) in [7, 11) is 0. The summed E-state index contributed by atoms with van der Waals surface area (Å²) in [6, 6.07) is 7.22. The van der Waals surface area contributed by atoms with E-state index in [-0.39, 0.29) is 17.9 Å². The van der Waals surface area contributed by atoms with Crippen LogP contribution in [0.15, 0.2) is 30.3 Å². The molecule has 7 heteroatoms. The SMILES string of the molecule is CCOC(=O)NC(CNC(=O)/C=C/c1ccc(C(=O)NC2CC2)cc1)CC(C)C. The monoisotopic (exact) mass is 401 g/mol. The van der Waals surface area contributed by atoms with Crippen LogP contribution >= 0.6 is 0 Å². The van der Waals surface area contributed by atoms with Crippen LogP contribution in [0.5, 0.6) is 0 Å². The van der Waals surface area contributed by atoms with Gasteiger partial charge in [-0.1, -0.05) is 26.0 Å². The Bertz CT molecular complexity index is 724. The van der Waals surface area contributed by atoms with Crippen LogP contribution in [0.3, 0.4) is 0 Å². The molecule has 0 saturated heterocycles. The van der Waals surface area contributed by atoms with Crippen molar-refractivity contribution < 1.29 is 19.1 Å². The van der Waals surface area contributed by atoms with E-state index >= 15 is 0 Å². The average molecular weight is 402 g/mol. The van der Waals surface area contributed by atoms with Crippen molar-refractivity contribution in [3.8, 4) is 0 Å². The Hall–Kier alpha value is -2.83. The van der Waals surface area contributed by atoms with E-state index in [0.717, 1.165) is 24.8 Å². The summed E-state index contributed by atoms with van der Waals surface area (Å²) >= 11 is 0. The lowest BCUT2D eigenvalue weighted by atomic mass is 10.0. The van der Waals surface area contributed by atoms with E-state index in [1.54, 1.807) is 37.3 Å². The molecule has 2 rings (SSSR count). The summed E-state index contributed by atoms with van der Waals surface area (Å²) in [5.41, 5.74) is 1.44. The topological polar surface area (TPSA) is 96.5 Å². The third-order valence-corrected chi connectivity index (χ3v) is 4.39. The zero-order valence-corrected chi connectivity index (χ0v) is 17.4. The Labute approximate surface area is 172 Å². The number of benzene rings is 1. The number of hydrogen-bond acceptors (Lipinski definition) is 4. The molecule has 1 aromatic rings. The highest BCUT2D eigenvalue weighted by molar-refractivity contribution is 5.95. The summed E-state index contributed by atoms with van der Waals surface area (Å²) in [4.78, 5) is 35.7. The Morgan fingerprint density at radius 2 is 1.86 bits per heavy atom. The van der Waals surface area contributed by atoms with E-state index in [1.165, 1.54) is 6.08 Å². The first-order chi connectivity index (χ1) is 13.9. The molecular weight excluding hydrogens is 370 g/mol. The molecule has 3 amide bonds. The molecule has 158 valence electrons. The zero-order valence-electron chi connectivity index (χ0n) is 17.4. The van der Waals surface area contributed by atoms with Crippen molar-refractivity contribution >= 4 is 24.0 Å². The standard InChI is InChI=1S/C22H31N3O4/c1-4-29-22(28)25-19(13-15(2)3)14-23-20(26)12-7-16-5-8-17(9-6-16)21(27)24-18-10-11-18/h5-9,12,15,18-19H,4,10-11,13-14H2,1-3H3,(H,23,26)(H,24,27)(H,25,28)/b12-7+. The van der Waals surface area contributed by atoms with Crippen LogP contribution in [0.2, 0.25) is 0 Å². The highest BCUT2D eigenvalue weighted by Gasteiger charge is 2.23. The molecule has 0 spiro atoms. The largest absolute Gasteiger partial charge is 0.450 e. The van der Waals surface area contributed by atoms with Gasteiger partial charge in [-0.2, -0.15) is 0 Å². The van der Waals surface area contributed by atoms with E-state index in [1.807, 2.05) is 0 Å². The summed E-state index contributed by atoms with van der Waals surface area (Å²) < 4.78 is 4.91. The van der Waals surface area contributed by atoms with Gasteiger partial charge in [0.15, 0.2) is 0 Å². The van der Waals surface area contributed by atoms with E-state index in [4.69, 9.17) is 4.74 Å². The summed E-state index contributed by atoms with van der Waals surface area (Å²) in [6.45, 7) is 6.47. The maximum absolute atomic E-state index is 12.1. The van der Waals surface area contributed by atoms with Gasteiger partial charge >= 0.3 is 6.09 Å². The molecule has 1 fully saturated rings. The van der Waals surface area contributed by atoms with Crippen LogP contribution in [-0.2, 0) is 9.53 Å². The number of alkyl carbamates (subject to hydrolysis) is 1. The molecule has 3 N–H and O–H groups in total. The van der Waals surface area contributed by atoms with Crippen molar-refractivity contribution in [1.29, 1.82) is 0 Å². The van der Waals surface area contributed by atoms with Crippen molar-refractivity contribution in [3.05, 3.63) is 41.5 Å². The van der Waals surface area contributed by atoms with Crippen molar-refractivity contribution in [2.24, 2.45) is 5.92 Å². The van der Waals surface area contributed by atoms with Gasteiger partial charge in [0.1, 0.15) is 0 Å². The summed E-state index contributed by atoms with van der Waals surface area (Å²) in [6.07, 6.45) is 5.48. The third kappa shape index (κ3) is 8.81. The van der Waals surface area contributed by atoms with Crippen molar-refractivity contribution in [2.45, 2.75) is 52.1 Å². The zero-order chi connectivity index (χ0) is 21.2. The van der Waals surface area contributed by atoms with E-state index in [2.05, 4.69) is 29.8 Å². The summed E-state index contributed by atoms with van der Waals surface area (Å²) in [5.74, 6) is 0.0519. The fraction of sp³-hybridized carbons (Fsp3) is 0.500. The maximum Gasteiger partial charge on any atom is 0.407 e. The molecule has 1 aliphatic carbocycles. The smallest absolute Gasteiger partial charge is 0.407 e. The van der Waals surface area contributed by atoms with Crippen molar-refractivity contribution in [3.63, 3.8) is 0 Å². The third-order valence-electron chi connectivity index (χ3n) is 4.39. The predicted octanol–water partition coefficient (Wildman–Crippen LogP) is 2.87. The Kier molecular flexibility index (Phi) is 8.70. The minimum atomic E-state index is -0.478. The van der Waals surface area contributed by atoms with Crippen LogP contribution in [0.25, 0.3) is 6.08 Å². The number of nitrogens with one attached hydrogen (secondary N) is 3. The van der Waals surface area contributed by atoms with Crippen LogP contribution < -0.4 is 16.0 Å². The molecule has 0 aliphatic heterocycles. The molecule has 1 atom stereocenters. The summed E-state index contributed by atoms with van der Waals surface area (Å²) in [5, 5.41) is 8.52. The van der Waals surface area contributed by atoms with Crippen LogP contribution in [0.4, 0.5) is 4.79 Å². The first-order valence-corrected chi connectivity index (χ1v) is 10.2. The lowest BCUT2D eigenvalue weighted by Crippen LogP contribution is -2.44. The van der Waals surface area contributed by atoms with Crippen molar-refractivity contribution in [2.75, 3.05) is 13.2 Å². The molecule has 0 radical (unpaired) electrons. The predicted molar refractivity (Wildman–Crippen MR) is 112 cm³/mol. The van der Waals surface area contributed by atoms with Crippen LogP contribution in [0, 0.1) is 5.92 Å². The van der Waals surface area contributed by atoms with Gasteiger partial charge in [0.2, 0.25) is 5.91 Å². The van der Waals surface area contributed by atoms with Gasteiger partial charge in [0.25, 0.3) is 5.91 Å². The van der Waals surface area contributed by atoms with Crippen LogP contribution in [0.1, 0.15) is 56.0 Å². The molecule has 1 aliphatic rings. The van der Waals surface area contributed by atoms with Gasteiger partial charge < -0.3 is 20.7 Å². The lowest BCUT2D eigenvalue weighted by molar-refractivity contribution is -0.116. The molecule has 1 aromatic carbocycles. The van der Waals surface area contributed by atoms with Gasteiger partial charge in [-0.05, 0) is 55.9 Å². The lowest BCUT2D eigenvalue weighted by Gasteiger charge is -2.20. The van der Waals surface area contributed by atoms with Gasteiger partial charge in [0.05, 0.1) is 6.61 Å². The molecular formula is C22H31N3O4. The quantitative estimate of drug-likeness (QED) is 0.525. The fourth-order valence-electron chi connectivity index (χ4n) is 2.80. The number of hydrogen-bond donors (Lipinski definition) is 3. The van der Waals surface area contributed by atoms with Crippen LogP contribution in [-0.4, -0.2) is 43.1 Å². The number of carbonyl (C=O) groups excluding carboxylic acids is 3. The molecule has 0 bridgehead atoms. The second-order valence-corrected chi connectivity index (χ2v) is 7.64. The normalized spacial score (nSPS) is 14.5. The van der Waals surface area contributed by atoms with Gasteiger partial charge in [-0.25, -0.2) is 4.79 Å². The molecule has 0 aromatic heterocycles. The van der Waals surface area contributed by atoms with Gasteiger partial charge in [-0.15, -0.1) is 0 Å². The Balaban J connectivity index is 1.82. The molecule has 29 heavy (non-hydrogen) atoms. The maximum atomic E-state index is 12.1. The van der Waals surface area contributed by atoms with E-state index < -0.39 is 6.09 Å². The molecule has 1 saturated carbocycles.